The Morgan fingerprint density at radius 1 is 1.38 bits per heavy atom. The zero-order chi connectivity index (χ0) is 22.7. The van der Waals surface area contributed by atoms with E-state index < -0.39 is 0 Å². The van der Waals surface area contributed by atoms with Crippen molar-refractivity contribution in [1.82, 2.24) is 14.9 Å². The summed E-state index contributed by atoms with van der Waals surface area (Å²) in [4.78, 5) is 26.0. The lowest BCUT2D eigenvalue weighted by Gasteiger charge is -2.41. The predicted molar refractivity (Wildman–Crippen MR) is 124 cm³/mol. The van der Waals surface area contributed by atoms with Crippen LogP contribution in [0.25, 0.3) is 17.2 Å². The summed E-state index contributed by atoms with van der Waals surface area (Å²) in [6, 6.07) is 8.30. The first-order valence-corrected chi connectivity index (χ1v) is 11.1. The van der Waals surface area contributed by atoms with Gasteiger partial charge in [-0.25, -0.2) is 4.98 Å². The molecule has 1 aliphatic heterocycles. The quantitative estimate of drug-likeness (QED) is 0.666. The summed E-state index contributed by atoms with van der Waals surface area (Å²) in [5.41, 5.74) is 4.37. The van der Waals surface area contributed by atoms with Crippen molar-refractivity contribution in [3.63, 3.8) is 0 Å². The molecule has 0 aromatic carbocycles. The minimum atomic E-state index is 0.0427. The molecule has 4 rings (SSSR count). The Kier molecular flexibility index (Phi) is 6.52. The van der Waals surface area contributed by atoms with Crippen molar-refractivity contribution in [1.29, 1.82) is 5.26 Å². The van der Waals surface area contributed by atoms with Gasteiger partial charge < -0.3 is 14.5 Å². The maximum atomic E-state index is 12.5. The molecule has 0 spiro atoms. The van der Waals surface area contributed by atoms with Crippen molar-refractivity contribution >= 4 is 17.8 Å². The highest BCUT2D eigenvalue weighted by molar-refractivity contribution is 5.77. The Morgan fingerprint density at radius 3 is 2.78 bits per heavy atom. The Bertz CT molecular complexity index is 1040. The van der Waals surface area contributed by atoms with Crippen LogP contribution in [0.4, 0.5) is 5.82 Å². The van der Waals surface area contributed by atoms with E-state index in [2.05, 4.69) is 22.5 Å². The highest BCUT2D eigenvalue weighted by Gasteiger charge is 2.33. The number of rotatable bonds is 7. The zero-order valence-corrected chi connectivity index (χ0v) is 18.8. The van der Waals surface area contributed by atoms with Crippen LogP contribution in [0.2, 0.25) is 0 Å². The second-order valence-corrected chi connectivity index (χ2v) is 8.48. The first-order chi connectivity index (χ1) is 15.5. The standard InChI is InChI=1S/C25H29N5O2/c1-4-21-8-7-19(15-27-21)22-13-20(14-26)25(28-24(22)18-5-6-18)29-10-11-30(17(2)16-29)23(31)9-12-32-3/h4,7-8,13,15,17-18H,1,5-6,9-12,16H2,2-3H3/t17-/m1/s1. The number of pyridine rings is 2. The highest BCUT2D eigenvalue weighted by Crippen LogP contribution is 2.45. The summed E-state index contributed by atoms with van der Waals surface area (Å²) < 4.78 is 5.05. The summed E-state index contributed by atoms with van der Waals surface area (Å²) in [6.07, 6.45) is 6.16. The van der Waals surface area contributed by atoms with E-state index in [0.29, 0.717) is 44.1 Å². The van der Waals surface area contributed by atoms with Crippen molar-refractivity contribution in [2.45, 2.75) is 38.1 Å². The molecule has 7 heteroatoms. The lowest BCUT2D eigenvalue weighted by atomic mass is 10.00. The minimum Gasteiger partial charge on any atom is -0.384 e. The molecule has 2 aromatic rings. The van der Waals surface area contributed by atoms with Gasteiger partial charge in [0.2, 0.25) is 5.91 Å². The van der Waals surface area contributed by atoms with Gasteiger partial charge in [-0.1, -0.05) is 12.6 Å². The SMILES string of the molecule is C=Cc1ccc(-c2cc(C#N)c(N3CCN(C(=O)CCOC)[C@H](C)C3)nc2C2CC2)cn1. The highest BCUT2D eigenvalue weighted by atomic mass is 16.5. The van der Waals surface area contributed by atoms with Crippen molar-refractivity contribution in [2.75, 3.05) is 38.3 Å². The van der Waals surface area contributed by atoms with E-state index in [1.165, 1.54) is 0 Å². The van der Waals surface area contributed by atoms with Gasteiger partial charge in [0.1, 0.15) is 11.9 Å². The normalized spacial score (nSPS) is 18.3. The lowest BCUT2D eigenvalue weighted by molar-refractivity contribution is -0.134. The first kappa shape index (κ1) is 22.0. The average molecular weight is 432 g/mol. The van der Waals surface area contributed by atoms with Crippen molar-refractivity contribution < 1.29 is 9.53 Å². The third kappa shape index (κ3) is 4.51. The molecule has 1 saturated heterocycles. The zero-order valence-electron chi connectivity index (χ0n) is 18.8. The molecule has 1 amide bonds. The van der Waals surface area contributed by atoms with Crippen LogP contribution in [-0.2, 0) is 9.53 Å². The van der Waals surface area contributed by atoms with Crippen LogP contribution < -0.4 is 4.90 Å². The summed E-state index contributed by atoms with van der Waals surface area (Å²) >= 11 is 0. The minimum absolute atomic E-state index is 0.0427. The molecule has 1 atom stereocenters. The van der Waals surface area contributed by atoms with E-state index in [0.717, 1.165) is 41.2 Å². The van der Waals surface area contributed by atoms with Crippen LogP contribution in [-0.4, -0.2) is 60.2 Å². The van der Waals surface area contributed by atoms with Gasteiger partial charge in [0.15, 0.2) is 0 Å². The molecule has 1 aliphatic carbocycles. The maximum absolute atomic E-state index is 12.5. The monoisotopic (exact) mass is 431 g/mol. The van der Waals surface area contributed by atoms with Crippen molar-refractivity contribution in [3.05, 3.63) is 47.9 Å². The fraction of sp³-hybridized carbons (Fsp3) is 0.440. The molecule has 2 aliphatic rings. The maximum Gasteiger partial charge on any atom is 0.225 e. The Hall–Kier alpha value is -3.24. The smallest absolute Gasteiger partial charge is 0.225 e. The van der Waals surface area contributed by atoms with Gasteiger partial charge >= 0.3 is 0 Å². The first-order valence-electron chi connectivity index (χ1n) is 11.1. The summed E-state index contributed by atoms with van der Waals surface area (Å²) in [5, 5.41) is 9.93. The van der Waals surface area contributed by atoms with Gasteiger partial charge in [-0.05, 0) is 38.0 Å². The van der Waals surface area contributed by atoms with Crippen LogP contribution >= 0.6 is 0 Å². The fourth-order valence-corrected chi connectivity index (χ4v) is 4.28. The molecule has 1 saturated carbocycles. The van der Waals surface area contributed by atoms with Gasteiger partial charge in [0.25, 0.3) is 0 Å². The number of nitrogens with zero attached hydrogens (tertiary/aromatic N) is 5. The van der Waals surface area contributed by atoms with Gasteiger partial charge in [0, 0.05) is 56.0 Å². The van der Waals surface area contributed by atoms with E-state index in [1.807, 2.05) is 36.2 Å². The summed E-state index contributed by atoms with van der Waals surface area (Å²) in [7, 11) is 1.61. The number of anilines is 1. The Morgan fingerprint density at radius 2 is 2.19 bits per heavy atom. The topological polar surface area (TPSA) is 82.4 Å². The Labute approximate surface area is 189 Å². The third-order valence-electron chi connectivity index (χ3n) is 6.19. The number of piperazine rings is 1. The molecule has 3 heterocycles. The number of nitriles is 1. The molecule has 166 valence electrons. The number of hydrogen-bond acceptors (Lipinski definition) is 6. The number of methoxy groups -OCH3 is 1. The van der Waals surface area contributed by atoms with Crippen molar-refractivity contribution in [3.8, 4) is 17.2 Å². The number of aromatic nitrogens is 2. The molecule has 7 nitrogen and oxygen atoms in total. The summed E-state index contributed by atoms with van der Waals surface area (Å²) in [6.45, 7) is 8.16. The van der Waals surface area contributed by atoms with Crippen LogP contribution in [0.3, 0.4) is 0 Å². The molecule has 2 fully saturated rings. The largest absolute Gasteiger partial charge is 0.384 e. The molecular weight excluding hydrogens is 402 g/mol. The molecule has 0 radical (unpaired) electrons. The van der Waals surface area contributed by atoms with Crippen LogP contribution in [0, 0.1) is 11.3 Å². The van der Waals surface area contributed by atoms with Crippen LogP contribution in [0.1, 0.15) is 49.1 Å². The van der Waals surface area contributed by atoms with E-state index in [1.54, 1.807) is 13.2 Å². The van der Waals surface area contributed by atoms with Crippen molar-refractivity contribution in [2.24, 2.45) is 0 Å². The summed E-state index contributed by atoms with van der Waals surface area (Å²) in [5.74, 6) is 1.26. The second kappa shape index (κ2) is 9.49. The number of ether oxygens (including phenoxy) is 1. The van der Waals surface area contributed by atoms with Gasteiger partial charge in [-0.15, -0.1) is 0 Å². The lowest BCUT2D eigenvalue weighted by Crippen LogP contribution is -2.54. The predicted octanol–water partition coefficient (Wildman–Crippen LogP) is 3.61. The van der Waals surface area contributed by atoms with Gasteiger partial charge in [-0.2, -0.15) is 5.26 Å². The van der Waals surface area contributed by atoms with Gasteiger partial charge in [0.05, 0.1) is 30.0 Å². The fourth-order valence-electron chi connectivity index (χ4n) is 4.28. The third-order valence-corrected chi connectivity index (χ3v) is 6.19. The van der Waals surface area contributed by atoms with E-state index in [-0.39, 0.29) is 11.9 Å². The molecule has 2 aromatic heterocycles. The number of amides is 1. The number of hydrogen-bond donors (Lipinski definition) is 0. The van der Waals surface area contributed by atoms with E-state index in [4.69, 9.17) is 9.72 Å². The average Bonchev–Trinajstić information content (AvgIpc) is 3.67. The molecule has 32 heavy (non-hydrogen) atoms. The molecule has 0 unspecified atom stereocenters. The molecular formula is C25H29N5O2. The molecule has 0 bridgehead atoms. The van der Waals surface area contributed by atoms with E-state index >= 15 is 0 Å². The Balaban J connectivity index is 1.62. The second-order valence-electron chi connectivity index (χ2n) is 8.48. The van der Waals surface area contributed by atoms with Crippen LogP contribution in [0.5, 0.6) is 0 Å². The van der Waals surface area contributed by atoms with E-state index in [9.17, 15) is 10.1 Å². The molecule has 0 N–H and O–H groups in total. The number of carbonyl (C=O) groups is 1. The van der Waals surface area contributed by atoms with Crippen LogP contribution in [0.15, 0.2) is 31.0 Å². The number of carbonyl (C=O) groups excluding carboxylic acids is 1. The van der Waals surface area contributed by atoms with Gasteiger partial charge in [-0.3, -0.25) is 9.78 Å².